The van der Waals surface area contributed by atoms with Gasteiger partial charge >= 0.3 is 5.97 Å². The monoisotopic (exact) mass is 249 g/mol. The summed E-state index contributed by atoms with van der Waals surface area (Å²) in [5.41, 5.74) is 0.934. The Morgan fingerprint density at radius 3 is 2.67 bits per heavy atom. The van der Waals surface area contributed by atoms with Crippen LogP contribution in [0.2, 0.25) is 0 Å². The summed E-state index contributed by atoms with van der Waals surface area (Å²) in [6.07, 6.45) is 3.13. The Balaban J connectivity index is 2.47. The van der Waals surface area contributed by atoms with Crippen LogP contribution in [0.1, 0.15) is 12.5 Å². The molecule has 98 valence electrons. The number of benzene rings is 1. The van der Waals surface area contributed by atoms with Crippen molar-refractivity contribution >= 4 is 12.0 Å². The van der Waals surface area contributed by atoms with Crippen molar-refractivity contribution in [2.75, 3.05) is 26.8 Å². The van der Waals surface area contributed by atoms with Gasteiger partial charge in [-0.15, -0.1) is 0 Å². The van der Waals surface area contributed by atoms with Crippen molar-refractivity contribution in [3.05, 3.63) is 35.9 Å². The molecule has 0 amide bonds. The van der Waals surface area contributed by atoms with Gasteiger partial charge in [-0.2, -0.15) is 0 Å². The molecule has 18 heavy (non-hydrogen) atoms. The van der Waals surface area contributed by atoms with Crippen LogP contribution < -0.4 is 10.1 Å². The van der Waals surface area contributed by atoms with Gasteiger partial charge < -0.3 is 14.8 Å². The highest BCUT2D eigenvalue weighted by Crippen LogP contribution is 2.13. The van der Waals surface area contributed by atoms with Crippen LogP contribution in [0.3, 0.4) is 0 Å². The van der Waals surface area contributed by atoms with Gasteiger partial charge in [-0.25, -0.2) is 4.79 Å². The maximum absolute atomic E-state index is 11.1. The Labute approximate surface area is 108 Å². The van der Waals surface area contributed by atoms with E-state index in [1.165, 1.54) is 6.08 Å². The first-order valence-corrected chi connectivity index (χ1v) is 5.98. The quantitative estimate of drug-likeness (QED) is 0.455. The fourth-order valence-electron chi connectivity index (χ4n) is 1.30. The lowest BCUT2D eigenvalue weighted by Gasteiger charge is -2.05. The van der Waals surface area contributed by atoms with Crippen LogP contribution >= 0.6 is 0 Å². The molecule has 0 aliphatic carbocycles. The van der Waals surface area contributed by atoms with Gasteiger partial charge in [0.15, 0.2) is 0 Å². The van der Waals surface area contributed by atoms with Crippen LogP contribution in [0.25, 0.3) is 6.08 Å². The SMILES string of the molecule is CCOC(=O)/C=C\c1ccc(OCCNC)cc1. The first-order chi connectivity index (χ1) is 8.76. The first kappa shape index (κ1) is 14.3. The summed E-state index contributed by atoms with van der Waals surface area (Å²) in [6, 6.07) is 7.54. The zero-order valence-electron chi connectivity index (χ0n) is 10.8. The molecule has 0 bridgehead atoms. The van der Waals surface area contributed by atoms with E-state index in [1.807, 2.05) is 31.3 Å². The molecule has 0 unspecified atom stereocenters. The molecule has 0 fully saturated rings. The van der Waals surface area contributed by atoms with Gasteiger partial charge in [0, 0.05) is 12.6 Å². The molecule has 4 nitrogen and oxygen atoms in total. The van der Waals surface area contributed by atoms with Gasteiger partial charge in [-0.3, -0.25) is 0 Å². The molecule has 0 aromatic heterocycles. The van der Waals surface area contributed by atoms with Crippen LogP contribution in [0.4, 0.5) is 0 Å². The topological polar surface area (TPSA) is 47.6 Å². The third kappa shape index (κ3) is 5.50. The molecule has 0 radical (unpaired) electrons. The molecule has 1 rings (SSSR count). The van der Waals surface area contributed by atoms with E-state index in [2.05, 4.69) is 5.32 Å². The summed E-state index contributed by atoms with van der Waals surface area (Å²) in [6.45, 7) is 3.61. The molecule has 0 heterocycles. The molecule has 1 aromatic carbocycles. The molecule has 1 aromatic rings. The Bertz CT molecular complexity index is 385. The van der Waals surface area contributed by atoms with E-state index in [4.69, 9.17) is 9.47 Å². The second-order valence-electron chi connectivity index (χ2n) is 3.61. The van der Waals surface area contributed by atoms with Crippen molar-refractivity contribution in [1.82, 2.24) is 5.32 Å². The highest BCUT2D eigenvalue weighted by Gasteiger charge is 1.95. The average Bonchev–Trinajstić information content (AvgIpc) is 2.38. The van der Waals surface area contributed by atoms with Gasteiger partial charge in [0.2, 0.25) is 0 Å². The largest absolute Gasteiger partial charge is 0.492 e. The standard InChI is InChI=1S/C14H19NO3/c1-3-17-14(16)9-6-12-4-7-13(8-5-12)18-11-10-15-2/h4-9,15H,3,10-11H2,1-2H3/b9-6-. The summed E-state index contributed by atoms with van der Waals surface area (Å²) in [7, 11) is 1.88. The first-order valence-electron chi connectivity index (χ1n) is 5.98. The lowest BCUT2D eigenvalue weighted by atomic mass is 10.2. The summed E-state index contributed by atoms with van der Waals surface area (Å²) in [4.78, 5) is 11.1. The lowest BCUT2D eigenvalue weighted by Crippen LogP contribution is -2.15. The molecule has 4 heteroatoms. The number of carbonyl (C=O) groups excluding carboxylic acids is 1. The lowest BCUT2D eigenvalue weighted by molar-refractivity contribution is -0.137. The van der Waals surface area contributed by atoms with E-state index >= 15 is 0 Å². The van der Waals surface area contributed by atoms with E-state index < -0.39 is 0 Å². The van der Waals surface area contributed by atoms with Crippen molar-refractivity contribution in [2.45, 2.75) is 6.92 Å². The molecule has 0 aliphatic heterocycles. The van der Waals surface area contributed by atoms with Crippen molar-refractivity contribution < 1.29 is 14.3 Å². The number of carbonyl (C=O) groups is 1. The number of likely N-dealkylation sites (N-methyl/N-ethyl adjacent to an activating group) is 1. The van der Waals surface area contributed by atoms with Crippen molar-refractivity contribution in [1.29, 1.82) is 0 Å². The third-order valence-electron chi connectivity index (χ3n) is 2.20. The molecule has 0 aliphatic rings. The van der Waals surface area contributed by atoms with Crippen LogP contribution in [0, 0.1) is 0 Å². The summed E-state index contributed by atoms with van der Waals surface area (Å²) < 4.78 is 10.3. The van der Waals surface area contributed by atoms with Crippen molar-refractivity contribution in [3.63, 3.8) is 0 Å². The average molecular weight is 249 g/mol. The molecule has 0 atom stereocenters. The highest BCUT2D eigenvalue weighted by atomic mass is 16.5. The molecular weight excluding hydrogens is 230 g/mol. The van der Waals surface area contributed by atoms with Crippen molar-refractivity contribution in [3.8, 4) is 5.75 Å². The summed E-state index contributed by atoms with van der Waals surface area (Å²) >= 11 is 0. The zero-order valence-corrected chi connectivity index (χ0v) is 10.8. The third-order valence-corrected chi connectivity index (χ3v) is 2.20. The fourth-order valence-corrected chi connectivity index (χ4v) is 1.30. The Hall–Kier alpha value is -1.81. The van der Waals surface area contributed by atoms with E-state index in [0.717, 1.165) is 17.9 Å². The van der Waals surface area contributed by atoms with Gasteiger partial charge in [0.25, 0.3) is 0 Å². The Kier molecular flexibility index (Phi) is 6.58. The predicted octanol–water partition coefficient (Wildman–Crippen LogP) is 1.86. The van der Waals surface area contributed by atoms with E-state index in [9.17, 15) is 4.79 Å². The van der Waals surface area contributed by atoms with E-state index in [0.29, 0.717) is 13.2 Å². The number of rotatable bonds is 7. The molecule has 0 spiro atoms. The Morgan fingerprint density at radius 1 is 1.33 bits per heavy atom. The number of esters is 1. The normalized spacial score (nSPS) is 10.6. The maximum atomic E-state index is 11.1. The molecular formula is C14H19NO3. The zero-order chi connectivity index (χ0) is 13.2. The summed E-state index contributed by atoms with van der Waals surface area (Å²) in [5.74, 6) is 0.491. The fraction of sp³-hybridized carbons (Fsp3) is 0.357. The molecule has 0 saturated heterocycles. The van der Waals surface area contributed by atoms with Gasteiger partial charge in [0.1, 0.15) is 12.4 Å². The maximum Gasteiger partial charge on any atom is 0.330 e. The van der Waals surface area contributed by atoms with Crippen LogP contribution in [-0.4, -0.2) is 32.8 Å². The minimum Gasteiger partial charge on any atom is -0.492 e. The highest BCUT2D eigenvalue weighted by molar-refractivity contribution is 5.87. The van der Waals surface area contributed by atoms with Gasteiger partial charge in [0.05, 0.1) is 6.61 Å². The smallest absolute Gasteiger partial charge is 0.330 e. The Morgan fingerprint density at radius 2 is 2.06 bits per heavy atom. The van der Waals surface area contributed by atoms with Crippen LogP contribution in [-0.2, 0) is 9.53 Å². The number of hydrogen-bond donors (Lipinski definition) is 1. The molecule has 1 N–H and O–H groups in total. The van der Waals surface area contributed by atoms with E-state index in [1.54, 1.807) is 13.0 Å². The van der Waals surface area contributed by atoms with Crippen LogP contribution in [0.15, 0.2) is 30.3 Å². The summed E-state index contributed by atoms with van der Waals surface area (Å²) in [5, 5.41) is 3.01. The van der Waals surface area contributed by atoms with Crippen molar-refractivity contribution in [2.24, 2.45) is 0 Å². The minimum absolute atomic E-state index is 0.327. The van der Waals surface area contributed by atoms with Gasteiger partial charge in [-0.1, -0.05) is 12.1 Å². The van der Waals surface area contributed by atoms with Gasteiger partial charge in [-0.05, 0) is 37.7 Å². The van der Waals surface area contributed by atoms with E-state index in [-0.39, 0.29) is 5.97 Å². The second-order valence-corrected chi connectivity index (χ2v) is 3.61. The molecule has 0 saturated carbocycles. The van der Waals surface area contributed by atoms with Crippen LogP contribution in [0.5, 0.6) is 5.75 Å². The minimum atomic E-state index is -0.327. The second kappa shape index (κ2) is 8.31. The number of nitrogens with one attached hydrogen (secondary N) is 1. The number of ether oxygens (including phenoxy) is 2. The number of hydrogen-bond acceptors (Lipinski definition) is 4. The predicted molar refractivity (Wildman–Crippen MR) is 71.5 cm³/mol.